The fourth-order valence-electron chi connectivity index (χ4n) is 1.63. The number of rotatable bonds is 3. The van der Waals surface area contributed by atoms with Crippen LogP contribution in [0.4, 0.5) is 8.78 Å². The first-order valence-electron chi connectivity index (χ1n) is 5.33. The maximum Gasteiger partial charge on any atom is 0.263 e. The van der Waals surface area contributed by atoms with E-state index in [0.29, 0.717) is 6.42 Å². The Kier molecular flexibility index (Phi) is 3.62. The number of hydrogen-bond donors (Lipinski definition) is 0. The van der Waals surface area contributed by atoms with Crippen LogP contribution in [-0.4, -0.2) is 17.2 Å². The lowest BCUT2D eigenvalue weighted by molar-refractivity contribution is 0.0855. The molecule has 2 nitrogen and oxygen atoms in total. The summed E-state index contributed by atoms with van der Waals surface area (Å²) in [5.41, 5.74) is 1.56. The van der Waals surface area contributed by atoms with Gasteiger partial charge < -0.3 is 4.84 Å². The predicted molar refractivity (Wildman–Crippen MR) is 62.7 cm³/mol. The smallest absolute Gasteiger partial charge is 0.263 e. The molecule has 1 heterocycles. The number of alkyl halides is 3. The molecule has 0 N–H and O–H groups in total. The molecule has 0 amide bonds. The number of halogens is 3. The lowest BCUT2D eigenvalue weighted by Gasteiger charge is -2.09. The molecular weight excluding hydrogens is 248 g/mol. The largest absolute Gasteiger partial charge is 0.390 e. The maximum absolute atomic E-state index is 12.4. The average molecular weight is 260 g/mol. The molecule has 0 spiro atoms. The van der Waals surface area contributed by atoms with Crippen LogP contribution >= 0.6 is 11.6 Å². The van der Waals surface area contributed by atoms with E-state index in [1.165, 1.54) is 12.1 Å². The van der Waals surface area contributed by atoms with Crippen LogP contribution in [0.25, 0.3) is 0 Å². The summed E-state index contributed by atoms with van der Waals surface area (Å²) in [5, 5.41) is 3.80. The molecule has 0 aliphatic carbocycles. The number of nitrogens with zero attached hydrogens (tertiary/aromatic N) is 1. The molecule has 1 aliphatic rings. The molecule has 0 bridgehead atoms. The zero-order valence-corrected chi connectivity index (χ0v) is 9.99. The van der Waals surface area contributed by atoms with E-state index in [9.17, 15) is 8.78 Å². The summed E-state index contributed by atoms with van der Waals surface area (Å²) in [6.07, 6.45) is -1.97. The first-order valence-corrected chi connectivity index (χ1v) is 5.77. The molecule has 17 heavy (non-hydrogen) atoms. The van der Waals surface area contributed by atoms with Crippen LogP contribution in [0, 0.1) is 0 Å². The third kappa shape index (κ3) is 2.75. The Hall–Kier alpha value is -1.16. The SMILES string of the molecule is CC(Cl)C1CC(c2ccc(C(F)F)cc2)=NO1. The van der Waals surface area contributed by atoms with E-state index >= 15 is 0 Å². The molecule has 1 aromatic rings. The summed E-state index contributed by atoms with van der Waals surface area (Å²) in [6, 6.07) is 6.07. The van der Waals surface area contributed by atoms with Gasteiger partial charge in [-0.2, -0.15) is 0 Å². The summed E-state index contributed by atoms with van der Waals surface area (Å²) in [5.74, 6) is 0. The second kappa shape index (κ2) is 5.00. The Labute approximate surface area is 103 Å². The molecule has 0 radical (unpaired) electrons. The minimum atomic E-state index is -2.44. The van der Waals surface area contributed by atoms with Crippen molar-refractivity contribution in [2.24, 2.45) is 5.16 Å². The van der Waals surface area contributed by atoms with Crippen LogP contribution < -0.4 is 0 Å². The second-order valence-electron chi connectivity index (χ2n) is 3.99. The van der Waals surface area contributed by atoms with Crippen molar-refractivity contribution in [2.75, 3.05) is 0 Å². The van der Waals surface area contributed by atoms with Gasteiger partial charge >= 0.3 is 0 Å². The lowest BCUT2D eigenvalue weighted by Crippen LogP contribution is -2.18. The van der Waals surface area contributed by atoms with E-state index in [1.54, 1.807) is 12.1 Å². The molecule has 0 saturated heterocycles. The van der Waals surface area contributed by atoms with Crippen molar-refractivity contribution < 1.29 is 13.6 Å². The summed E-state index contributed by atoms with van der Waals surface area (Å²) in [4.78, 5) is 5.17. The predicted octanol–water partition coefficient (Wildman–Crippen LogP) is 3.74. The fourth-order valence-corrected chi connectivity index (χ4v) is 1.77. The molecule has 1 aliphatic heterocycles. The van der Waals surface area contributed by atoms with Crippen LogP contribution in [0.1, 0.15) is 30.9 Å². The normalized spacial score (nSPS) is 21.2. The van der Waals surface area contributed by atoms with Crippen molar-refractivity contribution in [3.8, 4) is 0 Å². The van der Waals surface area contributed by atoms with Gasteiger partial charge in [-0.1, -0.05) is 29.4 Å². The molecule has 2 atom stereocenters. The third-order valence-electron chi connectivity index (χ3n) is 2.70. The molecule has 0 saturated carbocycles. The summed E-state index contributed by atoms with van der Waals surface area (Å²) < 4.78 is 24.7. The minimum absolute atomic E-state index is 0.00975. The molecule has 2 rings (SSSR count). The highest BCUT2D eigenvalue weighted by Gasteiger charge is 2.26. The van der Waals surface area contributed by atoms with Gasteiger partial charge in [-0.05, 0) is 12.5 Å². The van der Waals surface area contributed by atoms with E-state index < -0.39 is 6.43 Å². The number of oxime groups is 1. The van der Waals surface area contributed by atoms with Crippen LogP contribution in [0.3, 0.4) is 0 Å². The Morgan fingerprint density at radius 2 is 2.00 bits per heavy atom. The van der Waals surface area contributed by atoms with Crippen LogP contribution in [-0.2, 0) is 4.84 Å². The molecular formula is C12H12ClF2NO. The van der Waals surface area contributed by atoms with Crippen molar-refractivity contribution in [1.82, 2.24) is 0 Å². The molecule has 92 valence electrons. The Balaban J connectivity index is 2.09. The standard InChI is InChI=1S/C12H12ClF2NO/c1-7(13)11-6-10(16-17-11)8-2-4-9(5-3-8)12(14)15/h2-5,7,11-12H,6H2,1H3. The molecule has 1 aromatic carbocycles. The minimum Gasteiger partial charge on any atom is -0.390 e. The topological polar surface area (TPSA) is 21.6 Å². The number of benzene rings is 1. The Morgan fingerprint density at radius 3 is 2.47 bits per heavy atom. The fraction of sp³-hybridized carbons (Fsp3) is 0.417. The number of hydrogen-bond acceptors (Lipinski definition) is 2. The van der Waals surface area contributed by atoms with Crippen molar-refractivity contribution in [1.29, 1.82) is 0 Å². The first kappa shape index (κ1) is 12.3. The zero-order valence-electron chi connectivity index (χ0n) is 9.24. The van der Waals surface area contributed by atoms with Crippen LogP contribution in [0.15, 0.2) is 29.4 Å². The van der Waals surface area contributed by atoms with E-state index in [-0.39, 0.29) is 17.0 Å². The molecule has 2 unspecified atom stereocenters. The van der Waals surface area contributed by atoms with Gasteiger partial charge in [0.05, 0.1) is 11.1 Å². The van der Waals surface area contributed by atoms with Gasteiger partial charge in [0.2, 0.25) is 0 Å². The first-order chi connectivity index (χ1) is 8.08. The maximum atomic E-state index is 12.4. The summed E-state index contributed by atoms with van der Waals surface area (Å²) >= 11 is 5.91. The highest BCUT2D eigenvalue weighted by Crippen LogP contribution is 2.23. The van der Waals surface area contributed by atoms with Crippen molar-refractivity contribution in [2.45, 2.75) is 31.3 Å². The molecule has 5 heteroatoms. The van der Waals surface area contributed by atoms with Gasteiger partial charge in [0, 0.05) is 12.0 Å². The van der Waals surface area contributed by atoms with Gasteiger partial charge in [-0.15, -0.1) is 11.6 Å². The van der Waals surface area contributed by atoms with E-state index in [1.807, 2.05) is 6.92 Å². The van der Waals surface area contributed by atoms with Gasteiger partial charge in [-0.25, -0.2) is 8.78 Å². The molecule has 0 fully saturated rings. The van der Waals surface area contributed by atoms with Crippen molar-refractivity contribution >= 4 is 17.3 Å². The van der Waals surface area contributed by atoms with Crippen molar-refractivity contribution in [3.63, 3.8) is 0 Å². The Bertz CT molecular complexity index is 417. The Morgan fingerprint density at radius 1 is 1.35 bits per heavy atom. The van der Waals surface area contributed by atoms with Crippen LogP contribution in [0.2, 0.25) is 0 Å². The summed E-state index contributed by atoms with van der Waals surface area (Å²) in [7, 11) is 0. The van der Waals surface area contributed by atoms with Gasteiger partial charge in [0.25, 0.3) is 6.43 Å². The highest BCUT2D eigenvalue weighted by molar-refractivity contribution is 6.21. The summed E-state index contributed by atoms with van der Waals surface area (Å²) in [6.45, 7) is 1.84. The van der Waals surface area contributed by atoms with Gasteiger partial charge in [0.1, 0.15) is 6.10 Å². The monoisotopic (exact) mass is 259 g/mol. The van der Waals surface area contributed by atoms with E-state index in [0.717, 1.165) is 11.3 Å². The highest BCUT2D eigenvalue weighted by atomic mass is 35.5. The molecule has 0 aromatic heterocycles. The van der Waals surface area contributed by atoms with E-state index in [2.05, 4.69) is 5.16 Å². The zero-order chi connectivity index (χ0) is 12.4. The van der Waals surface area contributed by atoms with Gasteiger partial charge in [0.15, 0.2) is 0 Å². The second-order valence-corrected chi connectivity index (χ2v) is 4.67. The average Bonchev–Trinajstić information content (AvgIpc) is 2.78. The van der Waals surface area contributed by atoms with Crippen LogP contribution in [0.5, 0.6) is 0 Å². The van der Waals surface area contributed by atoms with E-state index in [4.69, 9.17) is 16.4 Å². The lowest BCUT2D eigenvalue weighted by atomic mass is 10.0. The van der Waals surface area contributed by atoms with Gasteiger partial charge in [-0.3, -0.25) is 0 Å². The third-order valence-corrected chi connectivity index (χ3v) is 2.98. The van der Waals surface area contributed by atoms with Crippen molar-refractivity contribution in [3.05, 3.63) is 35.4 Å². The quantitative estimate of drug-likeness (QED) is 0.758.